The summed E-state index contributed by atoms with van der Waals surface area (Å²) in [6.07, 6.45) is 3.94. The van der Waals surface area contributed by atoms with Crippen LogP contribution in [0.5, 0.6) is 5.75 Å². The molecule has 5 nitrogen and oxygen atoms in total. The van der Waals surface area contributed by atoms with Crippen LogP contribution in [-0.4, -0.2) is 22.4 Å². The number of halogens is 1. The summed E-state index contributed by atoms with van der Waals surface area (Å²) in [4.78, 5) is 17.5. The number of aryl methyl sites for hydroxylation is 1. The van der Waals surface area contributed by atoms with Crippen LogP contribution in [0.2, 0.25) is 0 Å². The van der Waals surface area contributed by atoms with Gasteiger partial charge in [-0.2, -0.15) is 0 Å². The smallest absolute Gasteiger partial charge is 0.256 e. The van der Waals surface area contributed by atoms with Crippen molar-refractivity contribution in [2.24, 2.45) is 0 Å². The molecule has 1 N–H and O–H groups in total. The van der Waals surface area contributed by atoms with Gasteiger partial charge in [-0.15, -0.1) is 0 Å². The lowest BCUT2D eigenvalue weighted by molar-refractivity contribution is 0.102. The number of benzene rings is 2. The maximum Gasteiger partial charge on any atom is 0.256 e. The molecule has 0 aliphatic heterocycles. The number of pyridine rings is 1. The maximum absolute atomic E-state index is 12.8. The van der Waals surface area contributed by atoms with E-state index in [0.717, 1.165) is 28.2 Å². The molecule has 0 aliphatic carbocycles. The Balaban J connectivity index is 1.67. The Morgan fingerprint density at radius 2 is 2.00 bits per heavy atom. The molecule has 4 rings (SSSR count). The number of fused-ring (bicyclic) bond motifs is 1. The molecule has 2 heterocycles. The van der Waals surface area contributed by atoms with E-state index in [2.05, 4.69) is 26.2 Å². The van der Waals surface area contributed by atoms with Crippen molar-refractivity contribution in [3.05, 3.63) is 82.6 Å². The normalized spacial score (nSPS) is 10.8. The van der Waals surface area contributed by atoms with Crippen molar-refractivity contribution >= 4 is 33.2 Å². The number of amides is 1. The SMILES string of the molecule is COc1ccc(Br)c(C(=O)Nc2cc(-c3cn4ccccc4n3)ccc2C)c1. The van der Waals surface area contributed by atoms with Gasteiger partial charge in [-0.05, 0) is 64.8 Å². The number of imidazole rings is 1. The van der Waals surface area contributed by atoms with Crippen molar-refractivity contribution < 1.29 is 9.53 Å². The summed E-state index contributed by atoms with van der Waals surface area (Å²) in [5, 5.41) is 3.00. The first-order chi connectivity index (χ1) is 13.5. The van der Waals surface area contributed by atoms with Gasteiger partial charge in [0.15, 0.2) is 0 Å². The minimum absolute atomic E-state index is 0.207. The molecule has 0 fully saturated rings. The molecular weight excluding hydrogens is 418 g/mol. The molecule has 1 amide bonds. The average Bonchev–Trinajstić information content (AvgIpc) is 3.14. The largest absolute Gasteiger partial charge is 0.497 e. The van der Waals surface area contributed by atoms with Gasteiger partial charge in [0, 0.05) is 28.1 Å². The van der Waals surface area contributed by atoms with Crippen molar-refractivity contribution in [2.75, 3.05) is 12.4 Å². The third kappa shape index (κ3) is 3.51. The van der Waals surface area contributed by atoms with Gasteiger partial charge >= 0.3 is 0 Å². The second-order valence-corrected chi connectivity index (χ2v) is 7.28. The fraction of sp³-hybridized carbons (Fsp3) is 0.0909. The fourth-order valence-corrected chi connectivity index (χ4v) is 3.41. The van der Waals surface area contributed by atoms with Crippen LogP contribution in [0.15, 0.2) is 71.5 Å². The van der Waals surface area contributed by atoms with Crippen LogP contribution in [0.1, 0.15) is 15.9 Å². The number of anilines is 1. The third-order valence-electron chi connectivity index (χ3n) is 4.56. The van der Waals surface area contributed by atoms with Crippen molar-refractivity contribution in [3.8, 4) is 17.0 Å². The van der Waals surface area contributed by atoms with Crippen molar-refractivity contribution in [3.63, 3.8) is 0 Å². The first-order valence-electron chi connectivity index (χ1n) is 8.75. The van der Waals surface area contributed by atoms with Crippen molar-refractivity contribution in [1.29, 1.82) is 0 Å². The maximum atomic E-state index is 12.8. The van der Waals surface area contributed by atoms with Crippen molar-refractivity contribution in [1.82, 2.24) is 9.38 Å². The Morgan fingerprint density at radius 1 is 1.14 bits per heavy atom. The van der Waals surface area contributed by atoms with Gasteiger partial charge in [-0.25, -0.2) is 4.98 Å². The van der Waals surface area contributed by atoms with E-state index in [1.54, 1.807) is 25.3 Å². The minimum Gasteiger partial charge on any atom is -0.497 e. The molecule has 0 spiro atoms. The summed E-state index contributed by atoms with van der Waals surface area (Å²) < 4.78 is 7.91. The van der Waals surface area contributed by atoms with E-state index in [4.69, 9.17) is 4.74 Å². The summed E-state index contributed by atoms with van der Waals surface area (Å²) in [6.45, 7) is 1.96. The molecule has 2 aromatic heterocycles. The van der Waals surface area contributed by atoms with Gasteiger partial charge in [0.25, 0.3) is 5.91 Å². The number of ether oxygens (including phenoxy) is 1. The molecule has 4 aromatic rings. The molecule has 0 atom stereocenters. The number of rotatable bonds is 4. The Kier molecular flexibility index (Phi) is 4.88. The molecule has 0 radical (unpaired) electrons. The van der Waals surface area contributed by atoms with E-state index in [1.807, 2.05) is 60.1 Å². The van der Waals surface area contributed by atoms with Gasteiger partial charge in [0.2, 0.25) is 0 Å². The number of aromatic nitrogens is 2. The summed E-state index contributed by atoms with van der Waals surface area (Å²) in [6, 6.07) is 17.1. The second kappa shape index (κ2) is 7.48. The van der Waals surface area contributed by atoms with Crippen LogP contribution < -0.4 is 10.1 Å². The van der Waals surface area contributed by atoms with Crippen LogP contribution in [0, 0.1) is 6.92 Å². The molecule has 28 heavy (non-hydrogen) atoms. The first kappa shape index (κ1) is 18.3. The standard InChI is InChI=1S/C22H18BrN3O2/c1-14-6-7-15(20-13-26-10-4-3-5-21(26)24-20)11-19(14)25-22(27)17-12-16(28-2)8-9-18(17)23/h3-13H,1-2H3,(H,25,27). The van der Waals surface area contributed by atoms with E-state index < -0.39 is 0 Å². The number of hydrogen-bond donors (Lipinski definition) is 1. The monoisotopic (exact) mass is 435 g/mol. The summed E-state index contributed by atoms with van der Waals surface area (Å²) in [7, 11) is 1.58. The van der Waals surface area contributed by atoms with Crippen molar-refractivity contribution in [2.45, 2.75) is 6.92 Å². The highest BCUT2D eigenvalue weighted by Crippen LogP contribution is 2.27. The third-order valence-corrected chi connectivity index (χ3v) is 5.26. The molecule has 0 unspecified atom stereocenters. The van der Waals surface area contributed by atoms with Crippen LogP contribution in [-0.2, 0) is 0 Å². The highest BCUT2D eigenvalue weighted by Gasteiger charge is 2.14. The zero-order valence-corrected chi connectivity index (χ0v) is 17.0. The Bertz CT molecular complexity index is 1150. The highest BCUT2D eigenvalue weighted by atomic mass is 79.9. The Morgan fingerprint density at radius 3 is 2.79 bits per heavy atom. The summed E-state index contributed by atoms with van der Waals surface area (Å²) in [5.74, 6) is 0.421. The van der Waals surface area contributed by atoms with E-state index in [-0.39, 0.29) is 5.91 Å². The molecule has 6 heteroatoms. The van der Waals surface area contributed by atoms with E-state index in [1.165, 1.54) is 0 Å². The van der Waals surface area contributed by atoms with Crippen LogP contribution in [0.3, 0.4) is 0 Å². The van der Waals surface area contributed by atoms with Crippen LogP contribution in [0.25, 0.3) is 16.9 Å². The molecule has 0 aliphatic rings. The van der Waals surface area contributed by atoms with Crippen LogP contribution >= 0.6 is 15.9 Å². The Labute approximate surface area is 171 Å². The highest BCUT2D eigenvalue weighted by molar-refractivity contribution is 9.10. The fourth-order valence-electron chi connectivity index (χ4n) is 2.98. The molecule has 2 aromatic carbocycles. The quantitative estimate of drug-likeness (QED) is 0.470. The van der Waals surface area contributed by atoms with Gasteiger partial charge in [-0.3, -0.25) is 4.79 Å². The predicted octanol–water partition coefficient (Wildman–Crippen LogP) is 5.33. The number of nitrogens with one attached hydrogen (secondary N) is 1. The first-order valence-corrected chi connectivity index (χ1v) is 9.54. The second-order valence-electron chi connectivity index (χ2n) is 6.42. The van der Waals surface area contributed by atoms with Crippen LogP contribution in [0.4, 0.5) is 5.69 Å². The van der Waals surface area contributed by atoms with Gasteiger partial charge in [-0.1, -0.05) is 18.2 Å². The zero-order valence-electron chi connectivity index (χ0n) is 15.4. The number of nitrogens with zero attached hydrogens (tertiary/aromatic N) is 2. The summed E-state index contributed by atoms with van der Waals surface area (Å²) in [5.41, 5.74) is 4.90. The predicted molar refractivity (Wildman–Crippen MR) is 114 cm³/mol. The minimum atomic E-state index is -0.207. The lowest BCUT2D eigenvalue weighted by Gasteiger charge is -2.12. The molecule has 0 saturated heterocycles. The zero-order chi connectivity index (χ0) is 19.7. The number of methoxy groups -OCH3 is 1. The van der Waals surface area contributed by atoms with E-state index in [0.29, 0.717) is 15.8 Å². The lowest BCUT2D eigenvalue weighted by atomic mass is 10.1. The van der Waals surface area contributed by atoms with E-state index >= 15 is 0 Å². The Hall–Kier alpha value is -3.12. The number of carbonyl (C=O) groups is 1. The van der Waals surface area contributed by atoms with Gasteiger partial charge < -0.3 is 14.5 Å². The molecular formula is C22H18BrN3O2. The number of hydrogen-bond acceptors (Lipinski definition) is 3. The van der Waals surface area contributed by atoms with Gasteiger partial charge in [0.1, 0.15) is 11.4 Å². The molecule has 140 valence electrons. The summed E-state index contributed by atoms with van der Waals surface area (Å²) >= 11 is 3.43. The molecule has 0 bridgehead atoms. The lowest BCUT2D eigenvalue weighted by Crippen LogP contribution is -2.13. The molecule has 0 saturated carbocycles. The van der Waals surface area contributed by atoms with E-state index in [9.17, 15) is 4.79 Å². The average molecular weight is 436 g/mol. The van der Waals surface area contributed by atoms with Gasteiger partial charge in [0.05, 0.1) is 18.4 Å². The topological polar surface area (TPSA) is 55.6 Å². The number of carbonyl (C=O) groups excluding carboxylic acids is 1.